The monoisotopic (exact) mass is 294 g/mol. The highest BCUT2D eigenvalue weighted by molar-refractivity contribution is 4.57. The predicted molar refractivity (Wildman–Crippen MR) is 81.9 cm³/mol. The largest absolute Gasteiger partial charge is 0.394 e. The lowest BCUT2D eigenvalue weighted by Crippen LogP contribution is -2.22. The van der Waals surface area contributed by atoms with Crippen LogP contribution in [0.5, 0.6) is 0 Å². The molecule has 4 nitrogen and oxygen atoms in total. The molecule has 0 aliphatic carbocycles. The average molecular weight is 294 g/mol. The molecule has 0 heterocycles. The maximum atomic E-state index is 9.14. The molecule has 0 fully saturated rings. The van der Waals surface area contributed by atoms with Crippen LogP contribution in [-0.4, -0.2) is 44.8 Å². The Morgan fingerprint density at radius 1 is 1.05 bits per heavy atom. The summed E-state index contributed by atoms with van der Waals surface area (Å²) >= 11 is 0. The van der Waals surface area contributed by atoms with Gasteiger partial charge in [0, 0.05) is 7.11 Å². The van der Waals surface area contributed by atoms with Gasteiger partial charge in [0.1, 0.15) is 6.79 Å². The summed E-state index contributed by atoms with van der Waals surface area (Å²) in [6.45, 7) is -3.70. The van der Waals surface area contributed by atoms with Crippen LogP contribution in [0, 0.1) is 0 Å². The second-order valence-corrected chi connectivity index (χ2v) is 4.98. The van der Waals surface area contributed by atoms with Crippen molar-refractivity contribution >= 4 is 0 Å². The highest BCUT2D eigenvalue weighted by Crippen LogP contribution is 2.12. The number of hydrogen-bond donors (Lipinski definition) is 1. The van der Waals surface area contributed by atoms with Crippen molar-refractivity contribution in [1.29, 1.82) is 0 Å². The van der Waals surface area contributed by atoms with Crippen molar-refractivity contribution in [2.24, 2.45) is 0 Å². The van der Waals surface area contributed by atoms with Gasteiger partial charge in [0.05, 0.1) is 31.3 Å². The Labute approximate surface area is 130 Å². The minimum atomic E-state index is -3.06. The fourth-order valence-electron chi connectivity index (χ4n) is 2.05. The minimum Gasteiger partial charge on any atom is -0.394 e. The van der Waals surface area contributed by atoms with E-state index in [0.717, 1.165) is 12.8 Å². The molecule has 0 radical (unpaired) electrons. The van der Waals surface area contributed by atoms with E-state index in [1.165, 1.54) is 45.6 Å². The maximum absolute atomic E-state index is 9.14. The van der Waals surface area contributed by atoms with E-state index in [4.69, 9.17) is 24.8 Å². The number of rotatable bonds is 16. The Balaban J connectivity index is 4.01. The summed E-state index contributed by atoms with van der Waals surface area (Å²) in [5.74, 6) is 0. The lowest BCUT2D eigenvalue weighted by Gasteiger charge is -2.17. The van der Waals surface area contributed by atoms with Gasteiger partial charge < -0.3 is 19.3 Å². The van der Waals surface area contributed by atoms with Crippen molar-refractivity contribution in [2.75, 3.05) is 33.6 Å². The molecule has 4 heteroatoms. The van der Waals surface area contributed by atoms with Gasteiger partial charge in [0.2, 0.25) is 0 Å². The number of methoxy groups -OCH3 is 1. The van der Waals surface area contributed by atoms with Gasteiger partial charge in [-0.05, 0) is 6.42 Å². The fraction of sp³-hybridized carbons (Fsp3) is 1.00. The van der Waals surface area contributed by atoms with Gasteiger partial charge in [0.15, 0.2) is 0 Å². The molecule has 0 aromatic rings. The van der Waals surface area contributed by atoms with E-state index < -0.39 is 13.1 Å². The van der Waals surface area contributed by atoms with Crippen LogP contribution in [0.25, 0.3) is 0 Å². The van der Waals surface area contributed by atoms with E-state index in [9.17, 15) is 0 Å². The smallest absolute Gasteiger partial charge is 0.146 e. The molecule has 0 spiro atoms. The molecule has 0 amide bonds. The molecule has 0 bridgehead atoms. The van der Waals surface area contributed by atoms with Crippen LogP contribution in [0.2, 0.25) is 0 Å². The van der Waals surface area contributed by atoms with Crippen LogP contribution in [0.4, 0.5) is 0 Å². The second kappa shape index (κ2) is 16.9. The molecule has 0 rings (SSSR count). The Morgan fingerprint density at radius 3 is 2.30 bits per heavy atom. The van der Waals surface area contributed by atoms with Gasteiger partial charge in [-0.2, -0.15) is 0 Å². The van der Waals surface area contributed by atoms with E-state index in [1.54, 1.807) is 0 Å². The first-order chi connectivity index (χ1) is 11.2. The molecule has 0 aromatic heterocycles. The van der Waals surface area contributed by atoms with Crippen molar-refractivity contribution in [3.63, 3.8) is 0 Å². The maximum Gasteiger partial charge on any atom is 0.146 e. The molecule has 20 heavy (non-hydrogen) atoms. The standard InChI is InChI=1S/C16H34O4/c1-3-4-5-6-7-8-9-10-11-16(20-15-18-2)14-19-13-12-17/h16-17H,3-15H2,1-2H3/t16-/m0/s1/i12D2,13D2. The predicted octanol–water partition coefficient (Wildman–Crippen LogP) is 3.52. The van der Waals surface area contributed by atoms with Crippen molar-refractivity contribution in [3.8, 4) is 0 Å². The Morgan fingerprint density at radius 2 is 1.70 bits per heavy atom. The van der Waals surface area contributed by atoms with Crippen molar-refractivity contribution in [1.82, 2.24) is 0 Å². The van der Waals surface area contributed by atoms with Gasteiger partial charge >= 0.3 is 0 Å². The SMILES string of the molecule is [2H]C([2H])(O)C([2H])([2H])OC[C@H](CCCCCCCCCC)OCOC. The number of ether oxygens (including phenoxy) is 3. The lowest BCUT2D eigenvalue weighted by molar-refractivity contribution is -0.101. The molecular weight excluding hydrogens is 256 g/mol. The molecule has 0 saturated heterocycles. The summed E-state index contributed by atoms with van der Waals surface area (Å²) in [4.78, 5) is 0. The lowest BCUT2D eigenvalue weighted by atomic mass is 10.1. The van der Waals surface area contributed by atoms with Crippen molar-refractivity contribution < 1.29 is 24.8 Å². The van der Waals surface area contributed by atoms with Gasteiger partial charge in [-0.15, -0.1) is 0 Å². The molecule has 0 saturated carbocycles. The van der Waals surface area contributed by atoms with Gasteiger partial charge in [-0.25, -0.2) is 0 Å². The summed E-state index contributed by atoms with van der Waals surface area (Å²) in [5.41, 5.74) is 0. The van der Waals surface area contributed by atoms with Gasteiger partial charge in [0.25, 0.3) is 0 Å². The van der Waals surface area contributed by atoms with E-state index in [2.05, 4.69) is 6.92 Å². The highest BCUT2D eigenvalue weighted by atomic mass is 16.7. The number of aliphatic hydroxyl groups is 1. The topological polar surface area (TPSA) is 47.9 Å². The zero-order chi connectivity index (χ0) is 18.5. The van der Waals surface area contributed by atoms with E-state index >= 15 is 0 Å². The van der Waals surface area contributed by atoms with E-state index in [0.29, 0.717) is 6.42 Å². The molecule has 0 unspecified atom stereocenters. The summed E-state index contributed by atoms with van der Waals surface area (Å²) < 4.78 is 44.1. The van der Waals surface area contributed by atoms with Crippen LogP contribution in [-0.2, 0) is 14.2 Å². The summed E-state index contributed by atoms with van der Waals surface area (Å²) in [6.07, 6.45) is 9.81. The number of hydrogen-bond acceptors (Lipinski definition) is 4. The Kier molecular flexibility index (Phi) is 11.4. The first kappa shape index (κ1) is 13.5. The van der Waals surface area contributed by atoms with Crippen LogP contribution in [0.1, 0.15) is 70.2 Å². The Bertz CT molecular complexity index is 298. The third kappa shape index (κ3) is 14.3. The van der Waals surface area contributed by atoms with Crippen LogP contribution in [0.3, 0.4) is 0 Å². The summed E-state index contributed by atoms with van der Waals surface area (Å²) in [6, 6.07) is 0. The van der Waals surface area contributed by atoms with Crippen LogP contribution in [0.15, 0.2) is 0 Å². The quantitative estimate of drug-likeness (QED) is 0.349. The molecule has 1 atom stereocenters. The fourth-order valence-corrected chi connectivity index (χ4v) is 2.05. The summed E-state index contributed by atoms with van der Waals surface area (Å²) in [7, 11) is 1.50. The van der Waals surface area contributed by atoms with Crippen LogP contribution >= 0.6 is 0 Å². The third-order valence-electron chi connectivity index (χ3n) is 3.19. The molecule has 1 N–H and O–H groups in total. The normalized spacial score (nSPS) is 17.1. The average Bonchev–Trinajstić information content (AvgIpc) is 2.50. The number of unbranched alkanes of at least 4 members (excludes halogenated alkanes) is 7. The molecule has 0 aromatic carbocycles. The van der Waals surface area contributed by atoms with Crippen LogP contribution < -0.4 is 0 Å². The molecule has 122 valence electrons. The second-order valence-electron chi connectivity index (χ2n) is 4.98. The van der Waals surface area contributed by atoms with Crippen molar-refractivity contribution in [3.05, 3.63) is 0 Å². The van der Waals surface area contributed by atoms with Gasteiger partial charge in [-0.1, -0.05) is 58.3 Å². The van der Waals surface area contributed by atoms with E-state index in [1.807, 2.05) is 0 Å². The zero-order valence-electron chi connectivity index (χ0n) is 17.0. The Hall–Kier alpha value is -0.160. The highest BCUT2D eigenvalue weighted by Gasteiger charge is 2.09. The van der Waals surface area contributed by atoms with Crippen molar-refractivity contribution in [2.45, 2.75) is 70.8 Å². The van der Waals surface area contributed by atoms with Gasteiger partial charge in [-0.3, -0.25) is 0 Å². The molecule has 0 aliphatic heterocycles. The molecule has 0 aliphatic rings. The summed E-state index contributed by atoms with van der Waals surface area (Å²) in [5, 5.41) is 9.14. The van der Waals surface area contributed by atoms with E-state index in [-0.39, 0.29) is 19.5 Å². The molecular formula is C16H34O4. The first-order valence-corrected chi connectivity index (χ1v) is 7.71. The minimum absolute atomic E-state index is 0.0695. The first-order valence-electron chi connectivity index (χ1n) is 9.71. The zero-order valence-corrected chi connectivity index (χ0v) is 13.0. The third-order valence-corrected chi connectivity index (χ3v) is 3.19.